The highest BCUT2D eigenvalue weighted by Crippen LogP contribution is 2.45. The molecule has 0 aromatic carbocycles. The highest BCUT2D eigenvalue weighted by molar-refractivity contribution is 5.05. The molecular weight excluding hydrogens is 210 g/mol. The molecule has 3 nitrogen and oxygen atoms in total. The van der Waals surface area contributed by atoms with Gasteiger partial charge in [-0.15, -0.1) is 0 Å². The fourth-order valence-corrected chi connectivity index (χ4v) is 2.85. The summed E-state index contributed by atoms with van der Waals surface area (Å²) in [5, 5.41) is 4.50. The minimum absolute atomic E-state index is 0.296. The Morgan fingerprint density at radius 3 is 2.41 bits per heavy atom. The summed E-state index contributed by atoms with van der Waals surface area (Å²) in [6.45, 7) is 5.53. The summed E-state index contributed by atoms with van der Waals surface area (Å²) < 4.78 is 1.88. The van der Waals surface area contributed by atoms with Crippen LogP contribution in [0.3, 0.4) is 0 Å². The molecule has 1 aromatic rings. The molecule has 2 rings (SSSR count). The average Bonchev–Trinajstić information content (AvgIpc) is 2.68. The van der Waals surface area contributed by atoms with Crippen LogP contribution in [0.5, 0.6) is 0 Å². The Balaban J connectivity index is 2.06. The minimum atomic E-state index is 0.296. The molecule has 0 atom stereocenters. The Morgan fingerprint density at radius 2 is 1.94 bits per heavy atom. The molecule has 0 unspecified atom stereocenters. The van der Waals surface area contributed by atoms with Crippen molar-refractivity contribution >= 4 is 0 Å². The third kappa shape index (κ3) is 2.89. The largest absolute Gasteiger partial charge is 0.330 e. The monoisotopic (exact) mass is 235 g/mol. The Kier molecular flexibility index (Phi) is 3.30. The lowest BCUT2D eigenvalue weighted by atomic mass is 9.63. The molecule has 1 aliphatic rings. The van der Waals surface area contributed by atoms with Crippen molar-refractivity contribution in [3.05, 3.63) is 18.0 Å². The van der Waals surface area contributed by atoms with E-state index in [1.807, 2.05) is 17.9 Å². The summed E-state index contributed by atoms with van der Waals surface area (Å²) in [7, 11) is 1.97. The molecule has 0 aliphatic heterocycles. The predicted molar refractivity (Wildman–Crippen MR) is 70.6 cm³/mol. The molecule has 3 heteroatoms. The Labute approximate surface area is 104 Å². The zero-order valence-electron chi connectivity index (χ0n) is 11.4. The number of hydrogen-bond acceptors (Lipinski definition) is 2. The zero-order chi connectivity index (χ0) is 12.5. The highest BCUT2D eigenvalue weighted by Gasteiger charge is 2.37. The van der Waals surface area contributed by atoms with Gasteiger partial charge in [0.15, 0.2) is 0 Å². The maximum absolute atomic E-state index is 6.05. The third-order valence-corrected chi connectivity index (χ3v) is 4.42. The van der Waals surface area contributed by atoms with E-state index in [2.05, 4.69) is 25.0 Å². The molecule has 96 valence electrons. The van der Waals surface area contributed by atoms with Gasteiger partial charge < -0.3 is 5.73 Å². The van der Waals surface area contributed by atoms with E-state index in [1.54, 1.807) is 0 Å². The van der Waals surface area contributed by atoms with Crippen LogP contribution >= 0.6 is 0 Å². The molecule has 17 heavy (non-hydrogen) atoms. The van der Waals surface area contributed by atoms with Gasteiger partial charge in [0.2, 0.25) is 0 Å². The van der Waals surface area contributed by atoms with E-state index in [1.165, 1.54) is 31.4 Å². The van der Waals surface area contributed by atoms with Gasteiger partial charge in [-0.25, -0.2) is 0 Å². The standard InChI is InChI=1S/C14H25N3/c1-13(2)5-7-14(11-15,8-6-13)10-12-4-9-17(3)16-12/h4,9H,5-8,10-11,15H2,1-3H3. The van der Waals surface area contributed by atoms with Gasteiger partial charge in [0.1, 0.15) is 0 Å². The van der Waals surface area contributed by atoms with E-state index in [-0.39, 0.29) is 0 Å². The second-order valence-electron chi connectivity index (χ2n) is 6.53. The molecule has 1 aliphatic carbocycles. The van der Waals surface area contributed by atoms with Gasteiger partial charge in [0.05, 0.1) is 5.69 Å². The maximum Gasteiger partial charge on any atom is 0.0630 e. The second-order valence-corrected chi connectivity index (χ2v) is 6.53. The Bertz CT molecular complexity index is 369. The van der Waals surface area contributed by atoms with Crippen LogP contribution in [0.2, 0.25) is 0 Å². The van der Waals surface area contributed by atoms with Crippen LogP contribution in [-0.4, -0.2) is 16.3 Å². The summed E-state index contributed by atoms with van der Waals surface area (Å²) in [6.07, 6.45) is 8.13. The molecule has 1 aromatic heterocycles. The van der Waals surface area contributed by atoms with Crippen LogP contribution in [0.25, 0.3) is 0 Å². The third-order valence-electron chi connectivity index (χ3n) is 4.42. The molecular formula is C14H25N3. The topological polar surface area (TPSA) is 43.8 Å². The quantitative estimate of drug-likeness (QED) is 0.875. The van der Waals surface area contributed by atoms with E-state index in [4.69, 9.17) is 5.73 Å². The van der Waals surface area contributed by atoms with E-state index >= 15 is 0 Å². The summed E-state index contributed by atoms with van der Waals surface area (Å²) >= 11 is 0. The first-order valence-corrected chi connectivity index (χ1v) is 6.63. The molecule has 1 heterocycles. The van der Waals surface area contributed by atoms with Crippen molar-refractivity contribution in [3.63, 3.8) is 0 Å². The van der Waals surface area contributed by atoms with Crippen molar-refractivity contribution in [2.24, 2.45) is 23.6 Å². The minimum Gasteiger partial charge on any atom is -0.330 e. The van der Waals surface area contributed by atoms with Crippen molar-refractivity contribution in [3.8, 4) is 0 Å². The van der Waals surface area contributed by atoms with Crippen molar-refractivity contribution in [1.29, 1.82) is 0 Å². The lowest BCUT2D eigenvalue weighted by Gasteiger charge is -2.43. The van der Waals surface area contributed by atoms with Crippen LogP contribution in [0.15, 0.2) is 12.3 Å². The van der Waals surface area contributed by atoms with E-state index in [0.717, 1.165) is 13.0 Å². The summed E-state index contributed by atoms with van der Waals surface area (Å²) in [5.74, 6) is 0. The zero-order valence-corrected chi connectivity index (χ0v) is 11.4. The fraction of sp³-hybridized carbons (Fsp3) is 0.786. The average molecular weight is 235 g/mol. The number of nitrogens with two attached hydrogens (primary N) is 1. The lowest BCUT2D eigenvalue weighted by molar-refractivity contribution is 0.107. The lowest BCUT2D eigenvalue weighted by Crippen LogP contribution is -2.39. The molecule has 0 amide bonds. The highest BCUT2D eigenvalue weighted by atomic mass is 15.2. The molecule has 2 N–H and O–H groups in total. The van der Waals surface area contributed by atoms with Gasteiger partial charge >= 0.3 is 0 Å². The van der Waals surface area contributed by atoms with Crippen molar-refractivity contribution in [2.75, 3.05) is 6.54 Å². The van der Waals surface area contributed by atoms with Gasteiger partial charge in [-0.05, 0) is 55.5 Å². The van der Waals surface area contributed by atoms with Gasteiger partial charge in [-0.1, -0.05) is 13.8 Å². The summed E-state index contributed by atoms with van der Waals surface area (Å²) in [5.41, 5.74) is 8.04. The van der Waals surface area contributed by atoms with Crippen LogP contribution in [0, 0.1) is 10.8 Å². The van der Waals surface area contributed by atoms with E-state index in [9.17, 15) is 0 Å². The van der Waals surface area contributed by atoms with Crippen LogP contribution in [0.4, 0.5) is 0 Å². The van der Waals surface area contributed by atoms with Crippen molar-refractivity contribution < 1.29 is 0 Å². The van der Waals surface area contributed by atoms with Crippen LogP contribution in [-0.2, 0) is 13.5 Å². The van der Waals surface area contributed by atoms with Gasteiger partial charge in [-0.3, -0.25) is 4.68 Å². The van der Waals surface area contributed by atoms with Gasteiger partial charge in [0, 0.05) is 13.2 Å². The number of nitrogens with zero attached hydrogens (tertiary/aromatic N) is 2. The Hall–Kier alpha value is -0.830. The SMILES string of the molecule is Cn1ccc(CC2(CN)CCC(C)(C)CC2)n1. The first-order valence-electron chi connectivity index (χ1n) is 6.63. The number of hydrogen-bond donors (Lipinski definition) is 1. The van der Waals surface area contributed by atoms with Gasteiger partial charge in [-0.2, -0.15) is 5.10 Å². The van der Waals surface area contributed by atoms with E-state index in [0.29, 0.717) is 10.8 Å². The number of aromatic nitrogens is 2. The molecule has 0 saturated heterocycles. The van der Waals surface area contributed by atoms with Crippen LogP contribution < -0.4 is 5.73 Å². The van der Waals surface area contributed by atoms with Crippen molar-refractivity contribution in [1.82, 2.24) is 9.78 Å². The molecule has 0 bridgehead atoms. The number of rotatable bonds is 3. The van der Waals surface area contributed by atoms with E-state index < -0.39 is 0 Å². The Morgan fingerprint density at radius 1 is 1.29 bits per heavy atom. The second kappa shape index (κ2) is 4.45. The molecule has 1 saturated carbocycles. The summed E-state index contributed by atoms with van der Waals surface area (Å²) in [6, 6.07) is 2.12. The smallest absolute Gasteiger partial charge is 0.0630 e. The maximum atomic E-state index is 6.05. The fourth-order valence-electron chi connectivity index (χ4n) is 2.85. The first-order chi connectivity index (χ1) is 7.95. The predicted octanol–water partition coefficient (Wildman–Crippen LogP) is 2.51. The molecule has 0 radical (unpaired) electrons. The molecule has 1 fully saturated rings. The first kappa shape index (κ1) is 12.6. The summed E-state index contributed by atoms with van der Waals surface area (Å²) in [4.78, 5) is 0. The molecule has 0 spiro atoms. The van der Waals surface area contributed by atoms with Crippen LogP contribution in [0.1, 0.15) is 45.2 Å². The normalized spacial score (nSPS) is 22.6. The van der Waals surface area contributed by atoms with Crippen molar-refractivity contribution in [2.45, 2.75) is 46.0 Å². The number of aryl methyl sites for hydroxylation is 1. The van der Waals surface area contributed by atoms with Gasteiger partial charge in [0.25, 0.3) is 0 Å².